The minimum Gasteiger partial charge on any atom is -0.423 e. The van der Waals surface area contributed by atoms with E-state index in [4.69, 9.17) is 0 Å². The fourth-order valence-electron chi connectivity index (χ4n) is 1.65. The highest BCUT2D eigenvalue weighted by Gasteiger charge is 2.27. The van der Waals surface area contributed by atoms with Crippen LogP contribution in [0.5, 0.6) is 0 Å². The van der Waals surface area contributed by atoms with Gasteiger partial charge in [0.2, 0.25) is 0 Å². The number of anilines is 1. The van der Waals surface area contributed by atoms with Crippen molar-refractivity contribution in [3.8, 4) is 0 Å². The molecule has 0 bridgehead atoms. The Bertz CT molecular complexity index is 360. The molecule has 1 aliphatic rings. The van der Waals surface area contributed by atoms with Crippen molar-refractivity contribution in [2.75, 3.05) is 18.5 Å². The summed E-state index contributed by atoms with van der Waals surface area (Å²) >= 11 is 0. The van der Waals surface area contributed by atoms with Crippen molar-refractivity contribution < 1.29 is 10.0 Å². The van der Waals surface area contributed by atoms with Crippen LogP contribution < -0.4 is 10.4 Å². The van der Waals surface area contributed by atoms with Gasteiger partial charge in [-0.05, 0) is 37.4 Å². The van der Waals surface area contributed by atoms with Gasteiger partial charge in [0, 0.05) is 25.2 Å². The van der Waals surface area contributed by atoms with Crippen LogP contribution in [0.2, 0.25) is 0 Å². The Morgan fingerprint density at radius 3 is 2.62 bits per heavy atom. The van der Waals surface area contributed by atoms with Crippen molar-refractivity contribution >= 4 is 18.4 Å². The van der Waals surface area contributed by atoms with Crippen LogP contribution in [-0.2, 0) is 0 Å². The lowest BCUT2D eigenvalue weighted by molar-refractivity contribution is 0.425. The second-order valence-electron chi connectivity index (χ2n) is 4.35. The van der Waals surface area contributed by atoms with Gasteiger partial charge in [-0.3, -0.25) is 0 Å². The average Bonchev–Trinajstić information content (AvgIpc) is 3.11. The number of hydrogen-bond donors (Lipinski definition) is 2. The lowest BCUT2D eigenvalue weighted by atomic mass is 9.80. The van der Waals surface area contributed by atoms with Gasteiger partial charge in [-0.1, -0.05) is 0 Å². The monoisotopic (exact) mass is 220 g/mol. The van der Waals surface area contributed by atoms with E-state index >= 15 is 0 Å². The molecule has 0 aromatic carbocycles. The second-order valence-corrected chi connectivity index (χ2v) is 4.35. The van der Waals surface area contributed by atoms with Crippen LogP contribution in [0, 0.1) is 0 Å². The Kier molecular flexibility index (Phi) is 3.16. The molecule has 1 heterocycles. The normalized spacial score (nSPS) is 15.0. The van der Waals surface area contributed by atoms with Crippen molar-refractivity contribution in [2.24, 2.45) is 0 Å². The number of nitrogens with zero attached hydrogens (tertiary/aromatic N) is 2. The Morgan fingerprint density at radius 1 is 1.44 bits per heavy atom. The molecule has 86 valence electrons. The molecule has 1 fully saturated rings. The lowest BCUT2D eigenvalue weighted by Gasteiger charge is -2.17. The van der Waals surface area contributed by atoms with Gasteiger partial charge >= 0.3 is 7.12 Å². The fraction of sp³-hybridized carbons (Fsp3) is 0.545. The van der Waals surface area contributed by atoms with E-state index < -0.39 is 7.12 Å². The van der Waals surface area contributed by atoms with Crippen LogP contribution in [0.15, 0.2) is 12.1 Å². The second kappa shape index (κ2) is 4.43. The third-order valence-corrected chi connectivity index (χ3v) is 3.01. The van der Waals surface area contributed by atoms with Crippen molar-refractivity contribution in [2.45, 2.75) is 25.7 Å². The predicted molar refractivity (Wildman–Crippen MR) is 65.0 cm³/mol. The van der Waals surface area contributed by atoms with Crippen LogP contribution in [0.4, 0.5) is 5.82 Å². The summed E-state index contributed by atoms with van der Waals surface area (Å²) in [6, 6.07) is 3.54. The van der Waals surface area contributed by atoms with Gasteiger partial charge in [0.15, 0.2) is 0 Å². The summed E-state index contributed by atoms with van der Waals surface area (Å²) in [5, 5.41) is 18.5. The topological polar surface area (TPSA) is 56.6 Å². The Labute approximate surface area is 96.1 Å². The molecule has 1 aliphatic carbocycles. The van der Waals surface area contributed by atoms with Crippen LogP contribution in [0.25, 0.3) is 0 Å². The first-order valence-electron chi connectivity index (χ1n) is 5.71. The first-order chi connectivity index (χ1) is 7.61. The van der Waals surface area contributed by atoms with E-state index in [-0.39, 0.29) is 0 Å². The zero-order valence-corrected chi connectivity index (χ0v) is 9.72. The van der Waals surface area contributed by atoms with Crippen molar-refractivity contribution in [3.63, 3.8) is 0 Å². The molecule has 0 spiro atoms. The first-order valence-corrected chi connectivity index (χ1v) is 5.71. The number of pyridine rings is 1. The third kappa shape index (κ3) is 2.36. The predicted octanol–water partition coefficient (Wildman–Crippen LogP) is 0.0949. The maximum Gasteiger partial charge on any atom is 0.488 e. The molecule has 16 heavy (non-hydrogen) atoms. The fourth-order valence-corrected chi connectivity index (χ4v) is 1.65. The summed E-state index contributed by atoms with van der Waals surface area (Å²) < 4.78 is 0. The maximum absolute atomic E-state index is 9.24. The summed E-state index contributed by atoms with van der Waals surface area (Å²) in [6.07, 6.45) is 2.32. The third-order valence-electron chi connectivity index (χ3n) is 3.01. The summed E-state index contributed by atoms with van der Waals surface area (Å²) in [7, 11) is 0.538. The van der Waals surface area contributed by atoms with Crippen LogP contribution in [0.3, 0.4) is 0 Å². The average molecular weight is 220 g/mol. The molecule has 0 amide bonds. The zero-order valence-electron chi connectivity index (χ0n) is 9.72. The molecule has 0 unspecified atom stereocenters. The number of aromatic nitrogens is 1. The minimum absolute atomic E-state index is 0.516. The van der Waals surface area contributed by atoms with Gasteiger partial charge in [-0.25, -0.2) is 4.98 Å². The van der Waals surface area contributed by atoms with E-state index in [1.807, 2.05) is 18.9 Å². The highest BCUT2D eigenvalue weighted by atomic mass is 16.4. The molecule has 4 nitrogen and oxygen atoms in total. The quantitative estimate of drug-likeness (QED) is 0.706. The molecule has 1 aromatic rings. The van der Waals surface area contributed by atoms with Gasteiger partial charge in [0.25, 0.3) is 0 Å². The summed E-state index contributed by atoms with van der Waals surface area (Å²) in [6.45, 7) is 2.89. The molecule has 2 N–H and O–H groups in total. The Morgan fingerprint density at radius 2 is 2.12 bits per heavy atom. The smallest absolute Gasteiger partial charge is 0.423 e. The van der Waals surface area contributed by atoms with Crippen LogP contribution in [-0.4, -0.2) is 35.7 Å². The van der Waals surface area contributed by atoms with Crippen molar-refractivity contribution in [3.05, 3.63) is 17.8 Å². The van der Waals surface area contributed by atoms with Crippen molar-refractivity contribution in [1.82, 2.24) is 4.98 Å². The summed E-state index contributed by atoms with van der Waals surface area (Å²) in [5.74, 6) is 1.33. The molecular weight excluding hydrogens is 203 g/mol. The van der Waals surface area contributed by atoms with E-state index in [2.05, 4.69) is 4.98 Å². The largest absolute Gasteiger partial charge is 0.488 e. The maximum atomic E-state index is 9.24. The van der Waals surface area contributed by atoms with E-state index in [1.54, 1.807) is 12.1 Å². The lowest BCUT2D eigenvalue weighted by Crippen LogP contribution is -2.32. The van der Waals surface area contributed by atoms with Gasteiger partial charge in [0.05, 0.1) is 0 Å². The van der Waals surface area contributed by atoms with Crippen LogP contribution >= 0.6 is 0 Å². The first kappa shape index (κ1) is 11.4. The molecule has 0 aliphatic heterocycles. The zero-order chi connectivity index (χ0) is 11.7. The molecule has 5 heteroatoms. The van der Waals surface area contributed by atoms with Crippen molar-refractivity contribution in [1.29, 1.82) is 0 Å². The van der Waals surface area contributed by atoms with E-state index in [9.17, 15) is 10.0 Å². The molecule has 1 saturated carbocycles. The molecule has 0 radical (unpaired) electrons. The summed E-state index contributed by atoms with van der Waals surface area (Å²) in [4.78, 5) is 6.55. The highest BCUT2D eigenvalue weighted by molar-refractivity contribution is 6.58. The van der Waals surface area contributed by atoms with Gasteiger partial charge in [-0.15, -0.1) is 0 Å². The SMILES string of the molecule is CCN(C)c1cc(B(O)O)cc(C2CC2)n1. The standard InChI is InChI=1S/C11H17BN2O2/c1-3-14(2)11-7-9(12(15)16)6-10(13-11)8-4-5-8/h6-8,15-16H,3-5H2,1-2H3. The molecule has 0 saturated heterocycles. The molecule has 1 aromatic heterocycles. The van der Waals surface area contributed by atoms with E-state index in [0.717, 1.165) is 30.9 Å². The van der Waals surface area contributed by atoms with E-state index in [0.29, 0.717) is 11.4 Å². The Balaban J connectivity index is 2.36. The number of hydrogen-bond acceptors (Lipinski definition) is 4. The number of rotatable bonds is 4. The van der Waals surface area contributed by atoms with Gasteiger partial charge < -0.3 is 14.9 Å². The molecular formula is C11H17BN2O2. The molecule has 2 rings (SSSR count). The van der Waals surface area contributed by atoms with E-state index in [1.165, 1.54) is 0 Å². The Hall–Kier alpha value is -1.07. The minimum atomic E-state index is -1.41. The summed E-state index contributed by atoms with van der Waals surface area (Å²) in [5.41, 5.74) is 1.52. The highest BCUT2D eigenvalue weighted by Crippen LogP contribution is 2.39. The van der Waals surface area contributed by atoms with Gasteiger partial charge in [-0.2, -0.15) is 0 Å². The molecule has 0 atom stereocenters. The van der Waals surface area contributed by atoms with Crippen LogP contribution in [0.1, 0.15) is 31.4 Å². The van der Waals surface area contributed by atoms with Gasteiger partial charge in [0.1, 0.15) is 5.82 Å².